The number of aromatic nitrogens is 2. The van der Waals surface area contributed by atoms with Crippen molar-refractivity contribution in [3.8, 4) is 5.75 Å². The molecule has 0 aliphatic heterocycles. The number of guanidine groups is 1. The van der Waals surface area contributed by atoms with Crippen molar-refractivity contribution in [2.75, 3.05) is 26.9 Å². The van der Waals surface area contributed by atoms with E-state index >= 15 is 0 Å². The Morgan fingerprint density at radius 2 is 2.10 bits per heavy atom. The van der Waals surface area contributed by atoms with Crippen LogP contribution in [0.25, 0.3) is 0 Å². The summed E-state index contributed by atoms with van der Waals surface area (Å²) in [7, 11) is 1.66. The molecule has 2 N–H and O–H groups in total. The molecular formula is C20H29F2N5O2. The van der Waals surface area contributed by atoms with Crippen molar-refractivity contribution in [1.82, 2.24) is 20.2 Å². The van der Waals surface area contributed by atoms with Crippen LogP contribution >= 0.6 is 0 Å². The molecule has 9 heteroatoms. The van der Waals surface area contributed by atoms with Crippen LogP contribution in [0.1, 0.15) is 36.8 Å². The Hall–Kier alpha value is -2.68. The number of nitrogens with zero attached hydrogens (tertiary/aromatic N) is 3. The summed E-state index contributed by atoms with van der Waals surface area (Å²) in [5.74, 6) is 1.54. The Balaban J connectivity index is 2.04. The molecule has 29 heavy (non-hydrogen) atoms. The summed E-state index contributed by atoms with van der Waals surface area (Å²) in [4.78, 5) is 8.53. The lowest BCUT2D eigenvalue weighted by atomic mass is 10.1. The Morgan fingerprint density at radius 1 is 1.28 bits per heavy atom. The van der Waals surface area contributed by atoms with Crippen molar-refractivity contribution in [1.29, 1.82) is 0 Å². The van der Waals surface area contributed by atoms with Gasteiger partial charge in [-0.15, -0.1) is 0 Å². The van der Waals surface area contributed by atoms with Crippen LogP contribution < -0.4 is 15.4 Å². The molecule has 0 saturated carbocycles. The molecule has 0 amide bonds. The van der Waals surface area contributed by atoms with Crippen LogP contribution in [0.4, 0.5) is 8.78 Å². The van der Waals surface area contributed by atoms with Gasteiger partial charge in [0.1, 0.15) is 11.6 Å². The number of imidazole rings is 1. The van der Waals surface area contributed by atoms with Crippen LogP contribution in [0.3, 0.4) is 0 Å². The Morgan fingerprint density at radius 3 is 2.83 bits per heavy atom. The third-order valence-corrected chi connectivity index (χ3v) is 4.10. The number of alkyl halides is 2. The van der Waals surface area contributed by atoms with Gasteiger partial charge in [0.15, 0.2) is 5.96 Å². The second-order valence-electron chi connectivity index (χ2n) is 6.38. The predicted octanol–water partition coefficient (Wildman–Crippen LogP) is 3.26. The minimum absolute atomic E-state index is 0.136. The predicted molar refractivity (Wildman–Crippen MR) is 108 cm³/mol. The van der Waals surface area contributed by atoms with Crippen LogP contribution in [0.15, 0.2) is 35.6 Å². The highest BCUT2D eigenvalue weighted by atomic mass is 19.3. The molecule has 0 fully saturated rings. The SMILES string of the molecule is CCNC(=NCc1ccc(C)cc1OCCCOC)NCc1nccn1C(F)F. The lowest BCUT2D eigenvalue weighted by Gasteiger charge is -2.14. The van der Waals surface area contributed by atoms with Crippen molar-refractivity contribution >= 4 is 5.96 Å². The highest BCUT2D eigenvalue weighted by Gasteiger charge is 2.12. The van der Waals surface area contributed by atoms with Gasteiger partial charge in [-0.05, 0) is 25.5 Å². The van der Waals surface area contributed by atoms with Gasteiger partial charge in [0.2, 0.25) is 0 Å². The van der Waals surface area contributed by atoms with Crippen molar-refractivity contribution < 1.29 is 18.3 Å². The largest absolute Gasteiger partial charge is 0.493 e. The van der Waals surface area contributed by atoms with E-state index in [2.05, 4.69) is 20.6 Å². The molecule has 0 unspecified atom stereocenters. The van der Waals surface area contributed by atoms with Crippen molar-refractivity contribution in [2.45, 2.75) is 39.9 Å². The molecule has 0 radical (unpaired) electrons. The zero-order chi connectivity index (χ0) is 21.1. The monoisotopic (exact) mass is 409 g/mol. The third kappa shape index (κ3) is 7.34. The zero-order valence-electron chi connectivity index (χ0n) is 17.1. The van der Waals surface area contributed by atoms with E-state index in [1.54, 1.807) is 7.11 Å². The van der Waals surface area contributed by atoms with E-state index in [4.69, 9.17) is 9.47 Å². The normalized spacial score (nSPS) is 11.7. The van der Waals surface area contributed by atoms with E-state index in [-0.39, 0.29) is 12.4 Å². The number of aliphatic imine (C=N–C) groups is 1. The van der Waals surface area contributed by atoms with Gasteiger partial charge >= 0.3 is 6.55 Å². The lowest BCUT2D eigenvalue weighted by molar-refractivity contribution is 0.0668. The van der Waals surface area contributed by atoms with Crippen LogP contribution in [-0.4, -0.2) is 42.4 Å². The summed E-state index contributed by atoms with van der Waals surface area (Å²) in [6.45, 7) is 3.68. The van der Waals surface area contributed by atoms with Gasteiger partial charge in [0, 0.05) is 44.6 Å². The number of ether oxygens (including phenoxy) is 2. The molecule has 0 spiro atoms. The van der Waals surface area contributed by atoms with Gasteiger partial charge in [-0.2, -0.15) is 8.78 Å². The number of hydrogen-bond donors (Lipinski definition) is 2. The molecule has 1 aromatic heterocycles. The number of rotatable bonds is 11. The zero-order valence-corrected chi connectivity index (χ0v) is 17.1. The first-order valence-corrected chi connectivity index (χ1v) is 9.58. The van der Waals surface area contributed by atoms with E-state index in [0.29, 0.717) is 32.3 Å². The highest BCUT2D eigenvalue weighted by molar-refractivity contribution is 5.79. The number of aryl methyl sites for hydroxylation is 1. The van der Waals surface area contributed by atoms with Gasteiger partial charge in [-0.1, -0.05) is 12.1 Å². The molecule has 0 bridgehead atoms. The third-order valence-electron chi connectivity index (χ3n) is 4.10. The fourth-order valence-electron chi connectivity index (χ4n) is 2.64. The molecular weight excluding hydrogens is 380 g/mol. The van der Waals surface area contributed by atoms with Crippen LogP contribution in [0.2, 0.25) is 0 Å². The quantitative estimate of drug-likeness (QED) is 0.339. The molecule has 0 atom stereocenters. The fourth-order valence-corrected chi connectivity index (χ4v) is 2.64. The molecule has 1 heterocycles. The number of nitrogens with one attached hydrogen (secondary N) is 2. The Labute approximate surface area is 170 Å². The maximum atomic E-state index is 13.0. The van der Waals surface area contributed by atoms with E-state index in [0.717, 1.165) is 27.9 Å². The second-order valence-corrected chi connectivity index (χ2v) is 6.38. The maximum absolute atomic E-state index is 13.0. The number of benzene rings is 1. The summed E-state index contributed by atoms with van der Waals surface area (Å²) in [6, 6.07) is 5.97. The van der Waals surface area contributed by atoms with E-state index < -0.39 is 6.55 Å². The van der Waals surface area contributed by atoms with E-state index in [9.17, 15) is 8.78 Å². The molecule has 1 aromatic carbocycles. The second kappa shape index (κ2) is 12.0. The van der Waals surface area contributed by atoms with Gasteiger partial charge in [0.25, 0.3) is 0 Å². The van der Waals surface area contributed by atoms with Crippen LogP contribution in [0.5, 0.6) is 5.75 Å². The minimum atomic E-state index is -2.63. The molecule has 160 valence electrons. The summed E-state index contributed by atoms with van der Waals surface area (Å²) < 4.78 is 37.7. The van der Waals surface area contributed by atoms with Crippen molar-refractivity contribution in [3.05, 3.63) is 47.5 Å². The van der Waals surface area contributed by atoms with Gasteiger partial charge < -0.3 is 20.1 Å². The number of hydrogen-bond acceptors (Lipinski definition) is 4. The van der Waals surface area contributed by atoms with Crippen LogP contribution in [-0.2, 0) is 17.8 Å². The van der Waals surface area contributed by atoms with E-state index in [1.807, 2.05) is 32.0 Å². The van der Waals surface area contributed by atoms with Crippen molar-refractivity contribution in [3.63, 3.8) is 0 Å². The summed E-state index contributed by atoms with van der Waals surface area (Å²) >= 11 is 0. The van der Waals surface area contributed by atoms with Gasteiger partial charge in [-0.25, -0.2) is 9.98 Å². The average Bonchev–Trinajstić information content (AvgIpc) is 3.17. The first kappa shape index (κ1) is 22.6. The lowest BCUT2D eigenvalue weighted by Crippen LogP contribution is -2.37. The minimum Gasteiger partial charge on any atom is -0.493 e. The topological polar surface area (TPSA) is 72.7 Å². The smallest absolute Gasteiger partial charge is 0.319 e. The summed E-state index contributed by atoms with van der Waals surface area (Å²) in [5.41, 5.74) is 2.04. The molecule has 2 aromatic rings. The van der Waals surface area contributed by atoms with Crippen molar-refractivity contribution in [2.24, 2.45) is 4.99 Å². The van der Waals surface area contributed by atoms with Gasteiger partial charge in [-0.3, -0.25) is 4.57 Å². The Kier molecular flexibility index (Phi) is 9.36. The first-order valence-electron chi connectivity index (χ1n) is 9.58. The highest BCUT2D eigenvalue weighted by Crippen LogP contribution is 2.21. The summed E-state index contributed by atoms with van der Waals surface area (Å²) in [6.07, 6.45) is 3.41. The molecule has 0 aliphatic rings. The first-order chi connectivity index (χ1) is 14.0. The maximum Gasteiger partial charge on any atom is 0.319 e. The average molecular weight is 409 g/mol. The van der Waals surface area contributed by atoms with Crippen LogP contribution in [0, 0.1) is 6.92 Å². The molecule has 7 nitrogen and oxygen atoms in total. The number of halogens is 2. The fraction of sp³-hybridized carbons (Fsp3) is 0.500. The molecule has 2 rings (SSSR count). The number of methoxy groups -OCH3 is 1. The molecule has 0 aliphatic carbocycles. The van der Waals surface area contributed by atoms with Gasteiger partial charge in [0.05, 0.1) is 19.7 Å². The van der Waals surface area contributed by atoms with E-state index in [1.165, 1.54) is 12.4 Å². The molecule has 0 saturated heterocycles. The Bertz CT molecular complexity index is 780. The standard InChI is InChI=1S/C20H29F2N5O2/c1-4-23-20(26-14-18-24-8-9-27(18)19(21)22)25-13-16-7-6-15(2)12-17(16)29-11-5-10-28-3/h6-9,12,19H,4-5,10-11,13-14H2,1-3H3,(H2,23,25,26). The summed E-state index contributed by atoms with van der Waals surface area (Å²) in [5, 5.41) is 6.16.